The summed E-state index contributed by atoms with van der Waals surface area (Å²) in [5, 5.41) is 9.79. The Hall–Kier alpha value is -0.780. The molecule has 0 fully saturated rings. The molecule has 0 saturated carbocycles. The monoisotopic (exact) mass is 274 g/mol. The normalized spacial score (nSPS) is 12.5. The first-order valence-corrected chi connectivity index (χ1v) is 5.41. The fourth-order valence-electron chi connectivity index (χ4n) is 1.33. The smallest absolute Gasteiger partial charge is 0.134 e. The van der Waals surface area contributed by atoms with Gasteiger partial charge in [-0.05, 0) is 41.0 Å². The van der Waals surface area contributed by atoms with E-state index < -0.39 is 0 Å². The number of halogens is 1. The van der Waals surface area contributed by atoms with Crippen molar-refractivity contribution in [1.82, 2.24) is 0 Å². The number of hydrogen-bond acceptors (Lipinski definition) is 4. The highest BCUT2D eigenvalue weighted by Crippen LogP contribution is 2.36. The summed E-state index contributed by atoms with van der Waals surface area (Å²) in [5.41, 5.74) is 11.9. The van der Waals surface area contributed by atoms with Crippen LogP contribution in [0.25, 0.3) is 0 Å². The quantitative estimate of drug-likeness (QED) is 0.778. The number of aromatic hydroxyl groups is 1. The van der Waals surface area contributed by atoms with E-state index in [9.17, 15) is 5.11 Å². The second kappa shape index (κ2) is 5.34. The molecule has 0 aromatic heterocycles. The van der Waals surface area contributed by atoms with Gasteiger partial charge in [-0.15, -0.1) is 0 Å². The Kier molecular flexibility index (Phi) is 4.38. The Morgan fingerprint density at radius 1 is 1.53 bits per heavy atom. The number of ether oxygens (including phenoxy) is 1. The van der Waals surface area contributed by atoms with Crippen LogP contribution < -0.4 is 16.2 Å². The topological polar surface area (TPSA) is 81.5 Å². The summed E-state index contributed by atoms with van der Waals surface area (Å²) in [7, 11) is 1.57. The van der Waals surface area contributed by atoms with Crippen LogP contribution in [0.5, 0.6) is 11.5 Å². The largest absolute Gasteiger partial charge is 0.506 e. The van der Waals surface area contributed by atoms with Gasteiger partial charge in [-0.1, -0.05) is 0 Å². The van der Waals surface area contributed by atoms with Gasteiger partial charge in [0.25, 0.3) is 0 Å². The number of phenolic OH excluding ortho intramolecular Hbond substituents is 1. The molecule has 0 radical (unpaired) electrons. The van der Waals surface area contributed by atoms with E-state index in [4.69, 9.17) is 16.2 Å². The maximum absolute atomic E-state index is 9.79. The standard InChI is InChI=1S/C10H15BrN2O2/c1-15-6-4-7(9(13)2-3-12)10(14)8(11)5-6/h4-5,9,14H,2-3,12-13H2,1H3/t9-/m1/s1. The number of phenols is 1. The van der Waals surface area contributed by atoms with E-state index in [1.807, 2.05) is 0 Å². The molecule has 1 aromatic rings. The first-order chi connectivity index (χ1) is 7.10. The fraction of sp³-hybridized carbons (Fsp3) is 0.400. The minimum atomic E-state index is -0.276. The van der Waals surface area contributed by atoms with E-state index in [2.05, 4.69) is 15.9 Å². The van der Waals surface area contributed by atoms with Crippen LogP contribution in [-0.2, 0) is 0 Å². The summed E-state index contributed by atoms with van der Waals surface area (Å²) in [4.78, 5) is 0. The Morgan fingerprint density at radius 3 is 2.73 bits per heavy atom. The summed E-state index contributed by atoms with van der Waals surface area (Å²) in [5.74, 6) is 0.805. The molecule has 0 aliphatic carbocycles. The Labute approximate surface area is 97.3 Å². The van der Waals surface area contributed by atoms with Crippen molar-refractivity contribution >= 4 is 15.9 Å². The maximum Gasteiger partial charge on any atom is 0.134 e. The molecule has 0 unspecified atom stereocenters. The van der Waals surface area contributed by atoms with Gasteiger partial charge in [0.2, 0.25) is 0 Å². The zero-order valence-corrected chi connectivity index (χ0v) is 10.1. The maximum atomic E-state index is 9.79. The first-order valence-electron chi connectivity index (χ1n) is 4.62. The van der Waals surface area contributed by atoms with Gasteiger partial charge in [-0.2, -0.15) is 0 Å². The Balaban J connectivity index is 3.09. The predicted octanol–water partition coefficient (Wildman–Crippen LogP) is 1.51. The zero-order valence-electron chi connectivity index (χ0n) is 8.53. The number of benzene rings is 1. The van der Waals surface area contributed by atoms with Gasteiger partial charge in [-0.25, -0.2) is 0 Å². The van der Waals surface area contributed by atoms with Crippen LogP contribution in [-0.4, -0.2) is 18.8 Å². The number of rotatable bonds is 4. The minimum Gasteiger partial charge on any atom is -0.506 e. The van der Waals surface area contributed by atoms with Crippen molar-refractivity contribution in [2.75, 3.05) is 13.7 Å². The van der Waals surface area contributed by atoms with Gasteiger partial charge >= 0.3 is 0 Å². The van der Waals surface area contributed by atoms with Crippen LogP contribution in [0.2, 0.25) is 0 Å². The van der Waals surface area contributed by atoms with E-state index in [0.717, 1.165) is 0 Å². The highest BCUT2D eigenvalue weighted by Gasteiger charge is 2.14. The van der Waals surface area contributed by atoms with Crippen LogP contribution in [0.4, 0.5) is 0 Å². The van der Waals surface area contributed by atoms with Crippen molar-refractivity contribution in [3.63, 3.8) is 0 Å². The van der Waals surface area contributed by atoms with Crippen LogP contribution in [0.1, 0.15) is 18.0 Å². The molecule has 0 saturated heterocycles. The predicted molar refractivity (Wildman–Crippen MR) is 63.0 cm³/mol. The van der Waals surface area contributed by atoms with Gasteiger partial charge in [0, 0.05) is 11.6 Å². The van der Waals surface area contributed by atoms with Crippen molar-refractivity contribution in [3.05, 3.63) is 22.2 Å². The molecule has 0 heterocycles. The minimum absolute atomic E-state index is 0.150. The van der Waals surface area contributed by atoms with E-state index in [1.165, 1.54) is 0 Å². The zero-order chi connectivity index (χ0) is 11.4. The van der Waals surface area contributed by atoms with Crippen LogP contribution >= 0.6 is 15.9 Å². The van der Waals surface area contributed by atoms with Gasteiger partial charge in [-0.3, -0.25) is 0 Å². The molecule has 1 aromatic carbocycles. The van der Waals surface area contributed by atoms with Crippen molar-refractivity contribution in [3.8, 4) is 11.5 Å². The molecule has 15 heavy (non-hydrogen) atoms. The highest BCUT2D eigenvalue weighted by molar-refractivity contribution is 9.10. The second-order valence-corrected chi connectivity index (χ2v) is 4.09. The lowest BCUT2D eigenvalue weighted by atomic mass is 10.0. The summed E-state index contributed by atoms with van der Waals surface area (Å²) in [6.07, 6.45) is 0.618. The molecule has 0 aliphatic heterocycles. The molecule has 4 nitrogen and oxygen atoms in total. The molecule has 0 bridgehead atoms. The summed E-state index contributed by atoms with van der Waals surface area (Å²) >= 11 is 3.24. The summed E-state index contributed by atoms with van der Waals surface area (Å²) < 4.78 is 5.66. The average Bonchev–Trinajstić information content (AvgIpc) is 2.22. The van der Waals surface area contributed by atoms with E-state index in [1.54, 1.807) is 19.2 Å². The van der Waals surface area contributed by atoms with Crippen LogP contribution in [0, 0.1) is 0 Å². The molecule has 1 rings (SSSR count). The van der Waals surface area contributed by atoms with Gasteiger partial charge in [0.05, 0.1) is 11.6 Å². The summed E-state index contributed by atoms with van der Waals surface area (Å²) in [6, 6.07) is 3.13. The van der Waals surface area contributed by atoms with Crippen LogP contribution in [0.15, 0.2) is 16.6 Å². The number of hydrogen-bond donors (Lipinski definition) is 3. The summed E-state index contributed by atoms with van der Waals surface area (Å²) in [6.45, 7) is 0.482. The van der Waals surface area contributed by atoms with Gasteiger partial charge < -0.3 is 21.3 Å². The van der Waals surface area contributed by atoms with Crippen molar-refractivity contribution in [2.45, 2.75) is 12.5 Å². The molecular formula is C10H15BrN2O2. The third-order valence-electron chi connectivity index (χ3n) is 2.18. The van der Waals surface area contributed by atoms with Crippen molar-refractivity contribution in [2.24, 2.45) is 11.5 Å². The first kappa shape index (κ1) is 12.3. The lowest BCUT2D eigenvalue weighted by Crippen LogP contribution is -2.15. The molecule has 84 valence electrons. The lowest BCUT2D eigenvalue weighted by Gasteiger charge is -2.15. The molecular weight excluding hydrogens is 260 g/mol. The SMILES string of the molecule is COc1cc(Br)c(O)c([C@H](N)CCN)c1. The van der Waals surface area contributed by atoms with Crippen molar-refractivity contribution < 1.29 is 9.84 Å². The van der Waals surface area contributed by atoms with E-state index in [0.29, 0.717) is 28.8 Å². The van der Waals surface area contributed by atoms with Gasteiger partial charge in [0.1, 0.15) is 11.5 Å². The molecule has 5 heteroatoms. The number of nitrogens with two attached hydrogens (primary N) is 2. The Bertz CT molecular complexity index is 344. The molecule has 0 amide bonds. The van der Waals surface area contributed by atoms with Gasteiger partial charge in [0.15, 0.2) is 0 Å². The third kappa shape index (κ3) is 2.84. The Morgan fingerprint density at radius 2 is 2.20 bits per heavy atom. The van der Waals surface area contributed by atoms with E-state index in [-0.39, 0.29) is 11.8 Å². The molecule has 0 spiro atoms. The molecule has 1 atom stereocenters. The number of methoxy groups -OCH3 is 1. The second-order valence-electron chi connectivity index (χ2n) is 3.23. The fourth-order valence-corrected chi connectivity index (χ4v) is 1.78. The lowest BCUT2D eigenvalue weighted by molar-refractivity contribution is 0.408. The average molecular weight is 275 g/mol. The van der Waals surface area contributed by atoms with E-state index >= 15 is 0 Å². The highest BCUT2D eigenvalue weighted by atomic mass is 79.9. The van der Waals surface area contributed by atoms with Crippen molar-refractivity contribution in [1.29, 1.82) is 0 Å². The third-order valence-corrected chi connectivity index (χ3v) is 2.78. The van der Waals surface area contributed by atoms with Crippen LogP contribution in [0.3, 0.4) is 0 Å². The molecule has 0 aliphatic rings. The molecule has 5 N–H and O–H groups in total.